The smallest absolute Gasteiger partial charge is 0.251 e. The number of rotatable bonds is 5. The molecule has 122 valence electrons. The van der Waals surface area contributed by atoms with E-state index in [0.29, 0.717) is 10.6 Å². The van der Waals surface area contributed by atoms with Gasteiger partial charge in [-0.15, -0.1) is 0 Å². The van der Waals surface area contributed by atoms with E-state index in [9.17, 15) is 18.0 Å². The Morgan fingerprint density at radius 1 is 1.13 bits per heavy atom. The van der Waals surface area contributed by atoms with Gasteiger partial charge in [-0.25, -0.2) is 12.7 Å². The molecule has 8 heteroatoms. The number of carbonyl (C=O) groups is 1. The molecule has 1 aromatic carbocycles. The quantitative estimate of drug-likeness (QED) is 0.765. The Morgan fingerprint density at radius 2 is 1.74 bits per heavy atom. The van der Waals surface area contributed by atoms with Crippen molar-refractivity contribution in [2.24, 2.45) is 0 Å². The van der Waals surface area contributed by atoms with Crippen LogP contribution in [0, 0.1) is 0 Å². The zero-order chi connectivity index (χ0) is 17.2. The number of hydrogen-bond donors (Lipinski definition) is 0. The number of sulfonamides is 1. The molecule has 0 aliphatic rings. The first-order chi connectivity index (χ1) is 10.7. The minimum Gasteiger partial charge on any atom is -0.306 e. The number of carbonyl (C=O) groups excluding carboxylic acids is 1. The SMILES string of the molecule is CN(C)S(=O)(=O)c1ccc(=O)n(CC(=O)c2ccc(Cl)cc2)c1. The fourth-order valence-corrected chi connectivity index (χ4v) is 2.93. The Bertz CT molecular complexity index is 886. The van der Waals surface area contributed by atoms with Crippen LogP contribution in [0.2, 0.25) is 5.02 Å². The predicted molar refractivity (Wildman–Crippen MR) is 87.4 cm³/mol. The molecule has 0 fully saturated rings. The monoisotopic (exact) mass is 354 g/mol. The third-order valence-electron chi connectivity index (χ3n) is 3.22. The highest BCUT2D eigenvalue weighted by Gasteiger charge is 2.18. The van der Waals surface area contributed by atoms with Crippen LogP contribution in [0.1, 0.15) is 10.4 Å². The summed E-state index contributed by atoms with van der Waals surface area (Å²) in [6, 6.07) is 8.60. The molecule has 0 unspecified atom stereocenters. The van der Waals surface area contributed by atoms with E-state index >= 15 is 0 Å². The van der Waals surface area contributed by atoms with E-state index in [1.807, 2.05) is 0 Å². The second-order valence-corrected chi connectivity index (χ2v) is 7.64. The summed E-state index contributed by atoms with van der Waals surface area (Å²) in [4.78, 5) is 24.0. The number of Topliss-reactive ketones (excluding diaryl/α,β-unsaturated/α-hetero) is 1. The van der Waals surface area contributed by atoms with E-state index in [2.05, 4.69) is 0 Å². The van der Waals surface area contributed by atoms with Crippen molar-refractivity contribution < 1.29 is 13.2 Å². The van der Waals surface area contributed by atoms with E-state index in [1.165, 1.54) is 26.4 Å². The first-order valence-corrected chi connectivity index (χ1v) is 8.45. The van der Waals surface area contributed by atoms with E-state index in [4.69, 9.17) is 11.6 Å². The first-order valence-electron chi connectivity index (χ1n) is 6.63. The number of ketones is 1. The van der Waals surface area contributed by atoms with Crippen molar-refractivity contribution in [2.45, 2.75) is 11.4 Å². The highest BCUT2D eigenvalue weighted by atomic mass is 35.5. The highest BCUT2D eigenvalue weighted by Crippen LogP contribution is 2.12. The van der Waals surface area contributed by atoms with Crippen molar-refractivity contribution >= 4 is 27.4 Å². The van der Waals surface area contributed by atoms with Gasteiger partial charge < -0.3 is 4.57 Å². The number of pyridine rings is 1. The van der Waals surface area contributed by atoms with Gasteiger partial charge in [0, 0.05) is 36.9 Å². The second-order valence-electron chi connectivity index (χ2n) is 5.05. The molecule has 2 aromatic rings. The van der Waals surface area contributed by atoms with E-state index in [0.717, 1.165) is 14.9 Å². The van der Waals surface area contributed by atoms with E-state index in [-0.39, 0.29) is 17.2 Å². The maximum atomic E-state index is 12.2. The predicted octanol–water partition coefficient (Wildman–Crippen LogP) is 1.63. The minimum atomic E-state index is -3.68. The standard InChI is InChI=1S/C15H15ClN2O4S/c1-17(2)23(21,22)13-7-8-15(20)18(9-13)10-14(19)11-3-5-12(16)6-4-11/h3-9H,10H2,1-2H3. The van der Waals surface area contributed by atoms with Gasteiger partial charge in [-0.1, -0.05) is 11.6 Å². The molecule has 0 atom stereocenters. The lowest BCUT2D eigenvalue weighted by atomic mass is 10.1. The average Bonchev–Trinajstić information content (AvgIpc) is 2.49. The van der Waals surface area contributed by atoms with Crippen LogP contribution in [0.3, 0.4) is 0 Å². The molecule has 0 aliphatic carbocycles. The van der Waals surface area contributed by atoms with Gasteiger partial charge in [-0.2, -0.15) is 0 Å². The van der Waals surface area contributed by atoms with Gasteiger partial charge in [0.15, 0.2) is 5.78 Å². The van der Waals surface area contributed by atoms with Crippen molar-refractivity contribution in [3.8, 4) is 0 Å². The van der Waals surface area contributed by atoms with Crippen molar-refractivity contribution in [1.29, 1.82) is 0 Å². The molecule has 0 radical (unpaired) electrons. The zero-order valence-electron chi connectivity index (χ0n) is 12.6. The summed E-state index contributed by atoms with van der Waals surface area (Å²) < 4.78 is 26.3. The largest absolute Gasteiger partial charge is 0.306 e. The van der Waals surface area contributed by atoms with Crippen LogP contribution in [0.25, 0.3) is 0 Å². The van der Waals surface area contributed by atoms with Crippen LogP contribution >= 0.6 is 11.6 Å². The highest BCUT2D eigenvalue weighted by molar-refractivity contribution is 7.89. The van der Waals surface area contributed by atoms with Gasteiger partial charge in [0.05, 0.1) is 11.4 Å². The number of benzene rings is 1. The van der Waals surface area contributed by atoms with Crippen molar-refractivity contribution in [2.75, 3.05) is 14.1 Å². The molecule has 0 saturated heterocycles. The maximum Gasteiger partial charge on any atom is 0.251 e. The van der Waals surface area contributed by atoms with Gasteiger partial charge in [-0.05, 0) is 30.3 Å². The third-order valence-corrected chi connectivity index (χ3v) is 5.27. The summed E-state index contributed by atoms with van der Waals surface area (Å²) in [5, 5.41) is 0.498. The lowest BCUT2D eigenvalue weighted by molar-refractivity contribution is 0.0970. The van der Waals surface area contributed by atoms with Crippen LogP contribution in [0.4, 0.5) is 0 Å². The Kier molecular flexibility index (Phi) is 5.03. The molecular formula is C15H15ClN2O4S. The Morgan fingerprint density at radius 3 is 2.30 bits per heavy atom. The lowest BCUT2D eigenvalue weighted by Gasteiger charge is -2.13. The first kappa shape index (κ1) is 17.4. The molecule has 6 nitrogen and oxygen atoms in total. The van der Waals surface area contributed by atoms with Crippen LogP contribution in [0.5, 0.6) is 0 Å². The molecular weight excluding hydrogens is 340 g/mol. The van der Waals surface area contributed by atoms with E-state index < -0.39 is 15.6 Å². The summed E-state index contributed by atoms with van der Waals surface area (Å²) in [6.07, 6.45) is 1.17. The molecule has 0 amide bonds. The summed E-state index contributed by atoms with van der Waals surface area (Å²) >= 11 is 5.76. The van der Waals surface area contributed by atoms with E-state index in [1.54, 1.807) is 24.3 Å². The molecule has 1 aromatic heterocycles. The van der Waals surface area contributed by atoms with Gasteiger partial charge in [0.2, 0.25) is 10.0 Å². The number of hydrogen-bond acceptors (Lipinski definition) is 4. The van der Waals surface area contributed by atoms with Crippen molar-refractivity contribution in [1.82, 2.24) is 8.87 Å². The Balaban J connectivity index is 2.35. The molecule has 0 spiro atoms. The molecule has 0 bridgehead atoms. The summed E-state index contributed by atoms with van der Waals surface area (Å²) in [6.45, 7) is -0.253. The second kappa shape index (κ2) is 6.66. The van der Waals surface area contributed by atoms with Crippen molar-refractivity contribution in [3.05, 3.63) is 63.5 Å². The molecule has 0 saturated carbocycles. The molecule has 2 rings (SSSR count). The Labute approximate surface area is 139 Å². The van der Waals surface area contributed by atoms with Crippen LogP contribution < -0.4 is 5.56 Å². The van der Waals surface area contributed by atoms with Gasteiger partial charge >= 0.3 is 0 Å². The third kappa shape index (κ3) is 3.87. The number of aromatic nitrogens is 1. The fourth-order valence-electron chi connectivity index (χ4n) is 1.88. The molecule has 23 heavy (non-hydrogen) atoms. The molecule has 0 aliphatic heterocycles. The van der Waals surface area contributed by atoms with Crippen LogP contribution in [0.15, 0.2) is 52.3 Å². The maximum absolute atomic E-state index is 12.2. The summed E-state index contributed by atoms with van der Waals surface area (Å²) in [5.41, 5.74) is -0.0628. The Hall–Kier alpha value is -1.96. The van der Waals surface area contributed by atoms with Gasteiger partial charge in [0.1, 0.15) is 0 Å². The van der Waals surface area contributed by atoms with Crippen LogP contribution in [-0.2, 0) is 16.6 Å². The summed E-state index contributed by atoms with van der Waals surface area (Å²) in [5.74, 6) is -0.317. The lowest BCUT2D eigenvalue weighted by Crippen LogP contribution is -2.27. The van der Waals surface area contributed by atoms with Crippen LogP contribution in [-0.4, -0.2) is 37.2 Å². The fraction of sp³-hybridized carbons (Fsp3) is 0.200. The van der Waals surface area contributed by atoms with Crippen molar-refractivity contribution in [3.63, 3.8) is 0 Å². The molecule has 1 heterocycles. The summed E-state index contributed by atoms with van der Waals surface area (Å²) in [7, 11) is -0.892. The average molecular weight is 355 g/mol. The molecule has 0 N–H and O–H groups in total. The van der Waals surface area contributed by atoms with Gasteiger partial charge in [0.25, 0.3) is 5.56 Å². The normalized spacial score (nSPS) is 11.7. The zero-order valence-corrected chi connectivity index (χ0v) is 14.1. The minimum absolute atomic E-state index is 0.0500. The number of nitrogens with zero attached hydrogens (tertiary/aromatic N) is 2. The number of halogens is 1. The van der Waals surface area contributed by atoms with Gasteiger partial charge in [-0.3, -0.25) is 9.59 Å². The topological polar surface area (TPSA) is 76.5 Å².